The molecule has 0 aliphatic rings. The minimum absolute atomic E-state index is 0.0433. The van der Waals surface area contributed by atoms with E-state index in [4.69, 9.17) is 4.74 Å². The van der Waals surface area contributed by atoms with Crippen molar-refractivity contribution in [3.05, 3.63) is 54.1 Å². The van der Waals surface area contributed by atoms with Gasteiger partial charge < -0.3 is 15.4 Å². The van der Waals surface area contributed by atoms with Crippen molar-refractivity contribution in [1.82, 2.24) is 0 Å². The molecule has 0 atom stereocenters. The molecule has 0 bridgehead atoms. The molecule has 5 nitrogen and oxygen atoms in total. The smallest absolute Gasteiger partial charge is 0.262 e. The summed E-state index contributed by atoms with van der Waals surface area (Å²) >= 11 is 0. The molecular weight excluding hydrogens is 304 g/mol. The summed E-state index contributed by atoms with van der Waals surface area (Å²) in [4.78, 5) is 23.5. The predicted molar refractivity (Wildman–Crippen MR) is 95.2 cm³/mol. The van der Waals surface area contributed by atoms with Gasteiger partial charge in [0.25, 0.3) is 5.91 Å². The summed E-state index contributed by atoms with van der Waals surface area (Å²) in [5.41, 5.74) is 2.48. The number of anilines is 2. The summed E-state index contributed by atoms with van der Waals surface area (Å²) < 4.78 is 5.43. The maximum Gasteiger partial charge on any atom is 0.262 e. The molecule has 2 amide bonds. The molecule has 0 unspecified atom stereocenters. The van der Waals surface area contributed by atoms with Gasteiger partial charge in [-0.05, 0) is 43.3 Å². The Morgan fingerprint density at radius 1 is 0.917 bits per heavy atom. The summed E-state index contributed by atoms with van der Waals surface area (Å²) in [6.07, 6.45) is 0. The highest BCUT2D eigenvalue weighted by Gasteiger charge is 2.07. The summed E-state index contributed by atoms with van der Waals surface area (Å²) in [6, 6.07) is 14.5. The number of hydrogen-bond donors (Lipinski definition) is 2. The Morgan fingerprint density at radius 2 is 1.46 bits per heavy atom. The average molecular weight is 326 g/mol. The highest BCUT2D eigenvalue weighted by atomic mass is 16.5. The van der Waals surface area contributed by atoms with Gasteiger partial charge in [0, 0.05) is 17.3 Å². The number of carbonyl (C=O) groups is 2. The molecule has 0 heterocycles. The van der Waals surface area contributed by atoms with Gasteiger partial charge in [0.05, 0.1) is 0 Å². The number of benzene rings is 2. The third-order valence-electron chi connectivity index (χ3n) is 3.35. The molecule has 0 fully saturated rings. The minimum Gasteiger partial charge on any atom is -0.484 e. The van der Waals surface area contributed by atoms with Gasteiger partial charge in [-0.1, -0.05) is 31.5 Å². The van der Waals surface area contributed by atoms with Crippen molar-refractivity contribution in [1.29, 1.82) is 0 Å². The van der Waals surface area contributed by atoms with Crippen LogP contribution < -0.4 is 15.4 Å². The lowest BCUT2D eigenvalue weighted by molar-refractivity contribution is -0.119. The number of amides is 2. The monoisotopic (exact) mass is 326 g/mol. The second-order valence-corrected chi connectivity index (χ2v) is 5.87. The van der Waals surface area contributed by atoms with Crippen LogP contribution in [-0.2, 0) is 9.59 Å². The Hall–Kier alpha value is -2.82. The standard InChI is InChI=1S/C19H22N2O3/c1-13(2)19(23)21-16-8-6-15(7-9-16)20-18(22)12-24-17-10-4-14(3)5-11-17/h4-11,13H,12H2,1-3H3,(H,20,22)(H,21,23). The van der Waals surface area contributed by atoms with Gasteiger partial charge in [-0.15, -0.1) is 0 Å². The summed E-state index contributed by atoms with van der Waals surface area (Å²) in [6.45, 7) is 5.59. The molecule has 0 aliphatic carbocycles. The van der Waals surface area contributed by atoms with E-state index in [1.807, 2.05) is 45.0 Å². The maximum absolute atomic E-state index is 11.9. The van der Waals surface area contributed by atoms with Crippen LogP contribution in [0.2, 0.25) is 0 Å². The van der Waals surface area contributed by atoms with E-state index in [0.29, 0.717) is 17.1 Å². The van der Waals surface area contributed by atoms with Crippen molar-refractivity contribution in [3.63, 3.8) is 0 Å². The molecule has 0 aliphatic heterocycles. The molecule has 0 saturated carbocycles. The Labute approximate surface area is 142 Å². The van der Waals surface area contributed by atoms with Crippen LogP contribution in [0.15, 0.2) is 48.5 Å². The second-order valence-electron chi connectivity index (χ2n) is 5.87. The first-order chi connectivity index (χ1) is 11.4. The minimum atomic E-state index is -0.241. The zero-order chi connectivity index (χ0) is 17.5. The second kappa shape index (κ2) is 8.15. The van der Waals surface area contributed by atoms with Crippen LogP contribution in [0.4, 0.5) is 11.4 Å². The maximum atomic E-state index is 11.9. The summed E-state index contributed by atoms with van der Waals surface area (Å²) in [5.74, 6) is 0.290. The van der Waals surface area contributed by atoms with Gasteiger partial charge in [-0.2, -0.15) is 0 Å². The van der Waals surface area contributed by atoms with Gasteiger partial charge in [-0.3, -0.25) is 9.59 Å². The number of carbonyl (C=O) groups excluding carboxylic acids is 2. The first-order valence-corrected chi connectivity index (χ1v) is 7.84. The van der Waals surface area contributed by atoms with E-state index < -0.39 is 0 Å². The molecule has 0 radical (unpaired) electrons. The predicted octanol–water partition coefficient (Wildman–Crippen LogP) is 3.61. The zero-order valence-corrected chi connectivity index (χ0v) is 14.1. The largest absolute Gasteiger partial charge is 0.484 e. The van der Waals surface area contributed by atoms with Gasteiger partial charge in [0.15, 0.2) is 6.61 Å². The molecule has 2 N–H and O–H groups in total. The Morgan fingerprint density at radius 3 is 2.00 bits per heavy atom. The van der Waals surface area contributed by atoms with Gasteiger partial charge in [0.1, 0.15) is 5.75 Å². The fourth-order valence-electron chi connectivity index (χ4n) is 1.90. The number of aryl methyl sites for hydroxylation is 1. The van der Waals surface area contributed by atoms with Crippen LogP contribution in [-0.4, -0.2) is 18.4 Å². The Kier molecular flexibility index (Phi) is 5.95. The van der Waals surface area contributed by atoms with E-state index in [9.17, 15) is 9.59 Å². The summed E-state index contributed by atoms with van der Waals surface area (Å²) in [5, 5.41) is 5.55. The van der Waals surface area contributed by atoms with E-state index in [1.165, 1.54) is 0 Å². The molecule has 0 spiro atoms. The summed E-state index contributed by atoms with van der Waals surface area (Å²) in [7, 11) is 0. The lowest BCUT2D eigenvalue weighted by Gasteiger charge is -2.10. The highest BCUT2D eigenvalue weighted by molar-refractivity contribution is 5.94. The Balaban J connectivity index is 1.83. The van der Waals surface area contributed by atoms with Crippen LogP contribution in [0.3, 0.4) is 0 Å². The van der Waals surface area contributed by atoms with E-state index >= 15 is 0 Å². The van der Waals surface area contributed by atoms with Gasteiger partial charge in [-0.25, -0.2) is 0 Å². The van der Waals surface area contributed by atoms with Crippen LogP contribution >= 0.6 is 0 Å². The Bertz CT molecular complexity index is 692. The number of ether oxygens (including phenoxy) is 1. The number of hydrogen-bond acceptors (Lipinski definition) is 3. The van der Waals surface area contributed by atoms with Crippen molar-refractivity contribution in [2.24, 2.45) is 5.92 Å². The topological polar surface area (TPSA) is 67.4 Å². The van der Waals surface area contributed by atoms with Crippen molar-refractivity contribution >= 4 is 23.2 Å². The quantitative estimate of drug-likeness (QED) is 0.852. The average Bonchev–Trinajstić information content (AvgIpc) is 2.56. The molecule has 2 aromatic carbocycles. The van der Waals surface area contributed by atoms with E-state index in [2.05, 4.69) is 10.6 Å². The highest BCUT2D eigenvalue weighted by Crippen LogP contribution is 2.15. The van der Waals surface area contributed by atoms with E-state index in [-0.39, 0.29) is 24.3 Å². The van der Waals surface area contributed by atoms with Crippen LogP contribution in [0, 0.1) is 12.8 Å². The lowest BCUT2D eigenvalue weighted by Crippen LogP contribution is -2.20. The fourth-order valence-corrected chi connectivity index (χ4v) is 1.90. The third-order valence-corrected chi connectivity index (χ3v) is 3.35. The number of rotatable bonds is 6. The molecule has 24 heavy (non-hydrogen) atoms. The molecule has 126 valence electrons. The van der Waals surface area contributed by atoms with Crippen molar-refractivity contribution < 1.29 is 14.3 Å². The molecule has 2 rings (SSSR count). The van der Waals surface area contributed by atoms with Crippen LogP contribution in [0.5, 0.6) is 5.75 Å². The van der Waals surface area contributed by atoms with Crippen molar-refractivity contribution in [2.75, 3.05) is 17.2 Å². The zero-order valence-electron chi connectivity index (χ0n) is 14.1. The van der Waals surface area contributed by atoms with Gasteiger partial charge in [0.2, 0.25) is 5.91 Å². The molecule has 2 aromatic rings. The molecular formula is C19H22N2O3. The number of nitrogens with one attached hydrogen (secondary N) is 2. The van der Waals surface area contributed by atoms with Gasteiger partial charge >= 0.3 is 0 Å². The lowest BCUT2D eigenvalue weighted by atomic mass is 10.2. The fraction of sp³-hybridized carbons (Fsp3) is 0.263. The van der Waals surface area contributed by atoms with Crippen molar-refractivity contribution in [2.45, 2.75) is 20.8 Å². The van der Waals surface area contributed by atoms with E-state index in [0.717, 1.165) is 5.56 Å². The van der Waals surface area contributed by atoms with Crippen LogP contribution in [0.25, 0.3) is 0 Å². The molecule has 0 saturated heterocycles. The SMILES string of the molecule is Cc1ccc(OCC(=O)Nc2ccc(NC(=O)C(C)C)cc2)cc1. The third kappa shape index (κ3) is 5.43. The van der Waals surface area contributed by atoms with Crippen LogP contribution in [0.1, 0.15) is 19.4 Å². The van der Waals surface area contributed by atoms with Crippen molar-refractivity contribution in [3.8, 4) is 5.75 Å². The normalized spacial score (nSPS) is 10.3. The molecule has 5 heteroatoms. The molecule has 0 aromatic heterocycles. The van der Waals surface area contributed by atoms with E-state index in [1.54, 1.807) is 24.3 Å². The first kappa shape index (κ1) is 17.5. The first-order valence-electron chi connectivity index (χ1n) is 7.84.